The fourth-order valence-electron chi connectivity index (χ4n) is 7.22. The molecule has 0 heterocycles. The molecule has 0 saturated heterocycles. The Bertz CT molecular complexity index is 597. The molecular weight excluding hydrogens is 384 g/mol. The predicted molar refractivity (Wildman–Crippen MR) is 119 cm³/mol. The largest absolute Gasteiger partial charge is 0.381 e. The van der Waals surface area contributed by atoms with Crippen molar-refractivity contribution in [2.45, 2.75) is 90.1 Å². The van der Waals surface area contributed by atoms with Crippen LogP contribution < -0.4 is 0 Å². The lowest BCUT2D eigenvalue weighted by atomic mass is 9.45. The summed E-state index contributed by atoms with van der Waals surface area (Å²) >= 11 is 1.85. The molecule has 4 nitrogen and oxygen atoms in total. The Morgan fingerprint density at radius 2 is 1.83 bits per heavy atom. The third-order valence-corrected chi connectivity index (χ3v) is 10.6. The first-order valence-electron chi connectivity index (χ1n) is 11.5. The highest BCUT2D eigenvalue weighted by Gasteiger charge is 2.68. The summed E-state index contributed by atoms with van der Waals surface area (Å²) in [4.78, 5) is 14.0. The van der Waals surface area contributed by atoms with Gasteiger partial charge in [-0.2, -0.15) is 0 Å². The summed E-state index contributed by atoms with van der Waals surface area (Å²) in [6.45, 7) is 11.7. The molecule has 5 heteroatoms. The summed E-state index contributed by atoms with van der Waals surface area (Å²) in [6.07, 6.45) is 6.47. The zero-order valence-corrected chi connectivity index (χ0v) is 20.4. The van der Waals surface area contributed by atoms with E-state index in [1.807, 2.05) is 18.9 Å². The first kappa shape index (κ1) is 23.6. The average Bonchev–Trinajstić information content (AvgIpc) is 3.11. The van der Waals surface area contributed by atoms with Crippen molar-refractivity contribution in [3.8, 4) is 0 Å². The predicted octanol–water partition coefficient (Wildman–Crippen LogP) is 5.33. The van der Waals surface area contributed by atoms with Gasteiger partial charge in [-0.05, 0) is 68.5 Å². The molecule has 0 aromatic carbocycles. The molecule has 0 aliphatic heterocycles. The molecular formula is C24H42O4S. The van der Waals surface area contributed by atoms with Gasteiger partial charge in [0.25, 0.3) is 0 Å². The molecule has 3 rings (SSSR count). The fraction of sp³-hybridized carbons (Fsp3) is 0.958. The van der Waals surface area contributed by atoms with Crippen LogP contribution in [0.4, 0.5) is 0 Å². The smallest absolute Gasteiger partial charge is 0.152 e. The van der Waals surface area contributed by atoms with E-state index in [1.54, 1.807) is 7.11 Å². The van der Waals surface area contributed by atoms with Crippen molar-refractivity contribution in [3.63, 3.8) is 0 Å². The number of hydrogen-bond acceptors (Lipinski definition) is 5. The molecule has 3 aliphatic carbocycles. The third kappa shape index (κ3) is 3.62. The van der Waals surface area contributed by atoms with Gasteiger partial charge in [-0.3, -0.25) is 4.79 Å². The van der Waals surface area contributed by atoms with E-state index in [1.165, 1.54) is 0 Å². The second kappa shape index (κ2) is 8.80. The minimum Gasteiger partial charge on any atom is -0.381 e. The van der Waals surface area contributed by atoms with Crippen molar-refractivity contribution in [1.29, 1.82) is 0 Å². The van der Waals surface area contributed by atoms with Crippen LogP contribution in [0.25, 0.3) is 0 Å². The highest BCUT2D eigenvalue weighted by Crippen LogP contribution is 2.68. The number of ether oxygens (including phenoxy) is 3. The van der Waals surface area contributed by atoms with E-state index in [4.69, 9.17) is 14.2 Å². The van der Waals surface area contributed by atoms with Gasteiger partial charge in [0.05, 0.1) is 17.0 Å². The topological polar surface area (TPSA) is 44.8 Å². The van der Waals surface area contributed by atoms with Gasteiger partial charge in [0, 0.05) is 25.6 Å². The van der Waals surface area contributed by atoms with E-state index < -0.39 is 4.75 Å². The molecule has 3 saturated carbocycles. The van der Waals surface area contributed by atoms with Crippen LogP contribution in [0.3, 0.4) is 0 Å². The van der Waals surface area contributed by atoms with E-state index in [0.717, 1.165) is 44.3 Å². The number of ketones is 1. The summed E-state index contributed by atoms with van der Waals surface area (Å²) < 4.78 is 17.5. The molecule has 0 radical (unpaired) electrons. The first-order chi connectivity index (χ1) is 13.7. The fourth-order valence-corrected chi connectivity index (χ4v) is 8.46. The first-order valence-corrected chi connectivity index (χ1v) is 12.5. The number of hydrogen-bond donors (Lipinski definition) is 0. The van der Waals surface area contributed by atoms with Gasteiger partial charge in [0.1, 0.15) is 6.79 Å². The Kier molecular flexibility index (Phi) is 7.15. The van der Waals surface area contributed by atoms with E-state index >= 15 is 0 Å². The van der Waals surface area contributed by atoms with Crippen LogP contribution >= 0.6 is 11.8 Å². The molecule has 8 atom stereocenters. The molecule has 2 bridgehead atoms. The zero-order valence-electron chi connectivity index (χ0n) is 19.6. The Morgan fingerprint density at radius 3 is 2.45 bits per heavy atom. The Labute approximate surface area is 182 Å². The van der Waals surface area contributed by atoms with Crippen LogP contribution in [0.15, 0.2) is 0 Å². The lowest BCUT2D eigenvalue weighted by Crippen LogP contribution is -2.63. The van der Waals surface area contributed by atoms with Gasteiger partial charge >= 0.3 is 0 Å². The molecule has 3 fully saturated rings. The van der Waals surface area contributed by atoms with Crippen LogP contribution in [-0.2, 0) is 19.0 Å². The third-order valence-electron chi connectivity index (χ3n) is 9.02. The highest BCUT2D eigenvalue weighted by molar-refractivity contribution is 8.01. The monoisotopic (exact) mass is 426 g/mol. The summed E-state index contributed by atoms with van der Waals surface area (Å²) in [5, 5.41) is 0. The number of Topliss-reactive ketones (excluding diaryl/α,β-unsaturated/α-hetero) is 1. The van der Waals surface area contributed by atoms with Crippen LogP contribution in [0.1, 0.15) is 73.1 Å². The van der Waals surface area contributed by atoms with E-state index in [0.29, 0.717) is 17.6 Å². The molecule has 0 N–H and O–H groups in total. The SMILES string of the molecule is CCCS[C@]1(C)CC(OCOC)[C@@]2(C)C3[C@H](OC)CCC3(CC[C@H]2C)[C@@H](C)C1=O. The normalized spacial score (nSPS) is 47.6. The summed E-state index contributed by atoms with van der Waals surface area (Å²) in [5.41, 5.74) is -0.000885. The van der Waals surface area contributed by atoms with E-state index in [-0.39, 0.29) is 35.7 Å². The summed E-state index contributed by atoms with van der Waals surface area (Å²) in [6, 6.07) is 0. The standard InChI is InChI=1S/C24H42O4S/c1-8-13-29-22(4)14-19(28-15-26-6)23(5)16(2)9-11-24(17(3)21(22)25)12-10-18(27-7)20(23)24/h16-20H,8-15H2,1-7H3/t16-,17+,18-,19?,20?,22-,23+,24?/m1/s1. The molecule has 168 valence electrons. The van der Waals surface area contributed by atoms with Crippen LogP contribution in [0.2, 0.25) is 0 Å². The number of rotatable bonds is 7. The van der Waals surface area contributed by atoms with Crippen LogP contribution in [-0.4, -0.2) is 49.5 Å². The highest BCUT2D eigenvalue weighted by atomic mass is 32.2. The van der Waals surface area contributed by atoms with Gasteiger partial charge in [-0.1, -0.05) is 27.7 Å². The molecule has 3 aliphatic rings. The number of carbonyl (C=O) groups excluding carboxylic acids is 1. The van der Waals surface area contributed by atoms with E-state index in [9.17, 15) is 4.79 Å². The Balaban J connectivity index is 2.14. The van der Waals surface area contributed by atoms with Crippen molar-refractivity contribution in [2.75, 3.05) is 26.8 Å². The van der Waals surface area contributed by atoms with Crippen LogP contribution in [0, 0.1) is 28.6 Å². The molecule has 29 heavy (non-hydrogen) atoms. The Morgan fingerprint density at radius 1 is 1.14 bits per heavy atom. The quantitative estimate of drug-likeness (QED) is 0.515. The summed E-state index contributed by atoms with van der Waals surface area (Å²) in [7, 11) is 3.54. The van der Waals surface area contributed by atoms with Gasteiger partial charge in [0.2, 0.25) is 0 Å². The molecule has 3 unspecified atom stereocenters. The lowest BCUT2D eigenvalue weighted by molar-refractivity contribution is -0.211. The van der Waals surface area contributed by atoms with Crippen molar-refractivity contribution >= 4 is 17.5 Å². The molecule has 0 aromatic heterocycles. The maximum absolute atomic E-state index is 14.0. The summed E-state index contributed by atoms with van der Waals surface area (Å²) in [5.74, 6) is 2.39. The molecule has 0 amide bonds. The van der Waals surface area contributed by atoms with Crippen LogP contribution in [0.5, 0.6) is 0 Å². The zero-order chi connectivity index (χ0) is 21.4. The van der Waals surface area contributed by atoms with Gasteiger partial charge in [-0.25, -0.2) is 0 Å². The van der Waals surface area contributed by atoms with E-state index in [2.05, 4.69) is 34.6 Å². The maximum atomic E-state index is 14.0. The van der Waals surface area contributed by atoms with Crippen molar-refractivity contribution in [2.24, 2.45) is 28.6 Å². The minimum absolute atomic E-state index is 0.0105. The van der Waals surface area contributed by atoms with Crippen molar-refractivity contribution < 1.29 is 19.0 Å². The van der Waals surface area contributed by atoms with Gasteiger partial charge in [-0.15, -0.1) is 11.8 Å². The molecule has 0 aromatic rings. The Hall–Kier alpha value is -0.100. The lowest BCUT2D eigenvalue weighted by Gasteiger charge is -2.62. The van der Waals surface area contributed by atoms with Gasteiger partial charge in [0.15, 0.2) is 5.78 Å². The number of methoxy groups -OCH3 is 2. The van der Waals surface area contributed by atoms with Crippen molar-refractivity contribution in [3.05, 3.63) is 0 Å². The second-order valence-electron chi connectivity index (χ2n) is 10.3. The number of thioether (sulfide) groups is 1. The minimum atomic E-state index is -0.407. The molecule has 0 spiro atoms. The second-order valence-corrected chi connectivity index (χ2v) is 11.9. The number of carbonyl (C=O) groups is 1. The van der Waals surface area contributed by atoms with Crippen molar-refractivity contribution in [1.82, 2.24) is 0 Å². The maximum Gasteiger partial charge on any atom is 0.152 e. The van der Waals surface area contributed by atoms with Gasteiger partial charge < -0.3 is 14.2 Å². The average molecular weight is 427 g/mol.